The molecule has 0 saturated heterocycles. The largest absolute Gasteiger partial charge is 0.350 e. The smallest absolute Gasteiger partial charge is 0.241 e. The van der Waals surface area contributed by atoms with Crippen molar-refractivity contribution in [1.82, 2.24) is 5.32 Å². The molecule has 0 aliphatic carbocycles. The molecule has 2 amide bonds. The molecule has 5 nitrogen and oxygen atoms in total. The fourth-order valence-electron chi connectivity index (χ4n) is 2.27. The number of anilines is 1. The Kier molecular flexibility index (Phi) is 6.51. The average molecular weight is 325 g/mol. The van der Waals surface area contributed by atoms with Crippen LogP contribution in [0.3, 0.4) is 0 Å². The minimum Gasteiger partial charge on any atom is -0.350 e. The number of hydrogen-bond donors (Lipinski definition) is 3. The SMILES string of the molecule is CCCC(=O)Nc1ccc(CNC(=O)C(N)c2ccccc2)cc1. The van der Waals surface area contributed by atoms with Crippen LogP contribution in [0.2, 0.25) is 0 Å². The van der Waals surface area contributed by atoms with Crippen molar-refractivity contribution in [2.45, 2.75) is 32.4 Å². The molecule has 0 fully saturated rings. The van der Waals surface area contributed by atoms with Gasteiger partial charge in [-0.1, -0.05) is 49.4 Å². The minimum atomic E-state index is -0.682. The van der Waals surface area contributed by atoms with Crippen LogP contribution in [-0.4, -0.2) is 11.8 Å². The van der Waals surface area contributed by atoms with Gasteiger partial charge in [-0.3, -0.25) is 9.59 Å². The second-order valence-corrected chi connectivity index (χ2v) is 5.60. The van der Waals surface area contributed by atoms with Crippen molar-refractivity contribution in [2.75, 3.05) is 5.32 Å². The molecular weight excluding hydrogens is 302 g/mol. The van der Waals surface area contributed by atoms with Crippen LogP contribution in [0, 0.1) is 0 Å². The normalized spacial score (nSPS) is 11.6. The van der Waals surface area contributed by atoms with Crippen LogP contribution < -0.4 is 16.4 Å². The van der Waals surface area contributed by atoms with Gasteiger partial charge in [0.15, 0.2) is 0 Å². The van der Waals surface area contributed by atoms with Gasteiger partial charge in [0.1, 0.15) is 6.04 Å². The summed E-state index contributed by atoms with van der Waals surface area (Å²) < 4.78 is 0. The van der Waals surface area contributed by atoms with E-state index in [4.69, 9.17) is 5.73 Å². The fourth-order valence-corrected chi connectivity index (χ4v) is 2.27. The number of rotatable bonds is 7. The van der Waals surface area contributed by atoms with Crippen molar-refractivity contribution in [3.63, 3.8) is 0 Å². The zero-order chi connectivity index (χ0) is 17.4. The van der Waals surface area contributed by atoms with Crippen molar-refractivity contribution < 1.29 is 9.59 Å². The molecule has 0 aliphatic rings. The Hall–Kier alpha value is -2.66. The predicted octanol–water partition coefficient (Wildman–Crippen LogP) is 2.74. The molecule has 0 aromatic heterocycles. The molecule has 4 N–H and O–H groups in total. The van der Waals surface area contributed by atoms with Gasteiger partial charge in [0.05, 0.1) is 0 Å². The van der Waals surface area contributed by atoms with E-state index in [1.165, 1.54) is 0 Å². The molecule has 2 rings (SSSR count). The Bertz CT molecular complexity index is 669. The number of carbonyl (C=O) groups excluding carboxylic acids is 2. The van der Waals surface area contributed by atoms with E-state index in [1.807, 2.05) is 61.5 Å². The highest BCUT2D eigenvalue weighted by Crippen LogP contribution is 2.12. The molecule has 24 heavy (non-hydrogen) atoms. The quantitative estimate of drug-likeness (QED) is 0.732. The van der Waals surface area contributed by atoms with Crippen LogP contribution in [0.1, 0.15) is 36.9 Å². The molecule has 0 heterocycles. The molecule has 2 aromatic rings. The van der Waals surface area contributed by atoms with E-state index in [9.17, 15) is 9.59 Å². The zero-order valence-corrected chi connectivity index (χ0v) is 13.8. The zero-order valence-electron chi connectivity index (χ0n) is 13.8. The Morgan fingerprint density at radius 3 is 2.33 bits per heavy atom. The summed E-state index contributed by atoms with van der Waals surface area (Å²) in [6, 6.07) is 16.0. The average Bonchev–Trinajstić information content (AvgIpc) is 2.61. The number of amides is 2. The summed E-state index contributed by atoms with van der Waals surface area (Å²) in [4.78, 5) is 23.6. The molecular formula is C19H23N3O2. The first-order valence-corrected chi connectivity index (χ1v) is 8.07. The first-order valence-electron chi connectivity index (χ1n) is 8.07. The van der Waals surface area contributed by atoms with Crippen LogP contribution >= 0.6 is 0 Å². The van der Waals surface area contributed by atoms with Gasteiger partial charge in [0.25, 0.3) is 0 Å². The van der Waals surface area contributed by atoms with E-state index >= 15 is 0 Å². The molecule has 1 atom stereocenters. The van der Waals surface area contributed by atoms with Crippen LogP contribution in [0.5, 0.6) is 0 Å². The van der Waals surface area contributed by atoms with Gasteiger partial charge in [-0.15, -0.1) is 0 Å². The second kappa shape index (κ2) is 8.84. The van der Waals surface area contributed by atoms with E-state index in [1.54, 1.807) is 0 Å². The van der Waals surface area contributed by atoms with Gasteiger partial charge >= 0.3 is 0 Å². The first kappa shape index (κ1) is 17.7. The number of hydrogen-bond acceptors (Lipinski definition) is 3. The van der Waals surface area contributed by atoms with Crippen molar-refractivity contribution in [3.05, 3.63) is 65.7 Å². The summed E-state index contributed by atoms with van der Waals surface area (Å²) in [6.45, 7) is 2.36. The molecule has 0 saturated carbocycles. The molecule has 2 aromatic carbocycles. The lowest BCUT2D eigenvalue weighted by molar-refractivity contribution is -0.122. The number of nitrogens with two attached hydrogens (primary N) is 1. The van der Waals surface area contributed by atoms with E-state index < -0.39 is 6.04 Å². The molecule has 0 bridgehead atoms. The molecule has 126 valence electrons. The van der Waals surface area contributed by atoms with Gasteiger partial charge in [0, 0.05) is 18.7 Å². The lowest BCUT2D eigenvalue weighted by Gasteiger charge is -2.13. The van der Waals surface area contributed by atoms with Crippen molar-refractivity contribution in [3.8, 4) is 0 Å². The number of carbonyl (C=O) groups is 2. The van der Waals surface area contributed by atoms with Crippen LogP contribution in [0.4, 0.5) is 5.69 Å². The molecule has 0 aliphatic heterocycles. The predicted molar refractivity (Wildman–Crippen MR) is 95.2 cm³/mol. The summed E-state index contributed by atoms with van der Waals surface area (Å²) in [5.74, 6) is -0.214. The minimum absolute atomic E-state index is 0.00684. The lowest BCUT2D eigenvalue weighted by atomic mass is 10.1. The summed E-state index contributed by atoms with van der Waals surface area (Å²) in [5.41, 5.74) is 8.43. The highest BCUT2D eigenvalue weighted by Gasteiger charge is 2.14. The highest BCUT2D eigenvalue weighted by molar-refractivity contribution is 5.90. The summed E-state index contributed by atoms with van der Waals surface area (Å²) in [5, 5.41) is 5.65. The first-order chi connectivity index (χ1) is 11.6. The fraction of sp³-hybridized carbons (Fsp3) is 0.263. The molecule has 0 spiro atoms. The monoisotopic (exact) mass is 325 g/mol. The van der Waals surface area contributed by atoms with E-state index in [-0.39, 0.29) is 11.8 Å². The van der Waals surface area contributed by atoms with E-state index in [0.717, 1.165) is 23.2 Å². The van der Waals surface area contributed by atoms with Crippen molar-refractivity contribution >= 4 is 17.5 Å². The maximum atomic E-state index is 12.1. The summed E-state index contributed by atoms with van der Waals surface area (Å²) in [6.07, 6.45) is 1.33. The number of benzene rings is 2. The third-order valence-electron chi connectivity index (χ3n) is 3.62. The molecule has 5 heteroatoms. The van der Waals surface area contributed by atoms with Crippen molar-refractivity contribution in [2.24, 2.45) is 5.73 Å². The Morgan fingerprint density at radius 1 is 1.04 bits per heavy atom. The Morgan fingerprint density at radius 2 is 1.71 bits per heavy atom. The maximum Gasteiger partial charge on any atom is 0.241 e. The van der Waals surface area contributed by atoms with Crippen LogP contribution in [-0.2, 0) is 16.1 Å². The topological polar surface area (TPSA) is 84.2 Å². The standard InChI is InChI=1S/C19H23N3O2/c1-2-6-17(23)22-16-11-9-14(10-12-16)13-21-19(24)18(20)15-7-4-3-5-8-15/h3-5,7-12,18H,2,6,13,20H2,1H3,(H,21,24)(H,22,23). The summed E-state index contributed by atoms with van der Waals surface area (Å²) in [7, 11) is 0. The third-order valence-corrected chi connectivity index (χ3v) is 3.62. The van der Waals surface area contributed by atoms with Gasteiger partial charge < -0.3 is 16.4 Å². The van der Waals surface area contributed by atoms with Gasteiger partial charge in [-0.25, -0.2) is 0 Å². The van der Waals surface area contributed by atoms with Crippen LogP contribution in [0.25, 0.3) is 0 Å². The van der Waals surface area contributed by atoms with Gasteiger partial charge in [-0.2, -0.15) is 0 Å². The van der Waals surface area contributed by atoms with E-state index in [2.05, 4.69) is 10.6 Å². The Balaban J connectivity index is 1.85. The second-order valence-electron chi connectivity index (χ2n) is 5.60. The Labute approximate surface area is 142 Å². The summed E-state index contributed by atoms with van der Waals surface area (Å²) >= 11 is 0. The van der Waals surface area contributed by atoms with Crippen LogP contribution in [0.15, 0.2) is 54.6 Å². The van der Waals surface area contributed by atoms with Crippen molar-refractivity contribution in [1.29, 1.82) is 0 Å². The van der Waals surface area contributed by atoms with Gasteiger partial charge in [-0.05, 0) is 29.7 Å². The third kappa shape index (κ3) is 5.21. The molecule has 0 radical (unpaired) electrons. The maximum absolute atomic E-state index is 12.1. The lowest BCUT2D eigenvalue weighted by Crippen LogP contribution is -2.33. The number of nitrogens with one attached hydrogen (secondary N) is 2. The highest BCUT2D eigenvalue weighted by atomic mass is 16.2. The van der Waals surface area contributed by atoms with E-state index in [0.29, 0.717) is 13.0 Å². The molecule has 1 unspecified atom stereocenters. The van der Waals surface area contributed by atoms with Gasteiger partial charge in [0.2, 0.25) is 11.8 Å².